The van der Waals surface area contributed by atoms with Crippen LogP contribution in [0.2, 0.25) is 0 Å². The number of carbonyl (C=O) groups is 1. The maximum absolute atomic E-state index is 11.4. The standard InChI is InChI=1S/C13H14NO2.BrH/c1-2-16-13(15)10-14-9-5-7-11-6-3-4-8-12(11)14;/h3-9H,2,10H2,1H3;1H/q+1;/p-1. The molecule has 0 N–H and O–H groups in total. The Balaban J connectivity index is 0.00000144. The molecule has 1 aromatic heterocycles. The lowest BCUT2D eigenvalue weighted by atomic mass is 10.2. The molecule has 0 fully saturated rings. The van der Waals surface area contributed by atoms with Gasteiger partial charge in [0, 0.05) is 17.5 Å². The van der Waals surface area contributed by atoms with Crippen LogP contribution in [0.4, 0.5) is 0 Å². The number of carbonyl (C=O) groups excluding carboxylic acids is 1. The summed E-state index contributed by atoms with van der Waals surface area (Å²) in [6.07, 6.45) is 1.89. The average Bonchev–Trinajstić information content (AvgIpc) is 2.30. The largest absolute Gasteiger partial charge is 1.00 e. The molecule has 0 radical (unpaired) electrons. The van der Waals surface area contributed by atoms with Crippen LogP contribution in [0.1, 0.15) is 6.92 Å². The summed E-state index contributed by atoms with van der Waals surface area (Å²) in [4.78, 5) is 11.4. The normalized spacial score (nSPS) is 9.71. The van der Waals surface area contributed by atoms with Crippen molar-refractivity contribution in [1.82, 2.24) is 0 Å². The molecule has 0 saturated carbocycles. The number of nitrogens with zero attached hydrogens (tertiary/aromatic N) is 1. The summed E-state index contributed by atoms with van der Waals surface area (Å²) in [6, 6.07) is 11.9. The van der Waals surface area contributed by atoms with E-state index in [0.29, 0.717) is 6.61 Å². The fraction of sp³-hybridized carbons (Fsp3) is 0.231. The van der Waals surface area contributed by atoms with Crippen molar-refractivity contribution in [3.8, 4) is 0 Å². The summed E-state index contributed by atoms with van der Waals surface area (Å²) >= 11 is 0. The van der Waals surface area contributed by atoms with Crippen LogP contribution in [0.5, 0.6) is 0 Å². The smallest absolute Gasteiger partial charge is 0.372 e. The van der Waals surface area contributed by atoms with Gasteiger partial charge in [-0.05, 0) is 19.1 Å². The van der Waals surface area contributed by atoms with E-state index in [1.54, 1.807) is 0 Å². The third-order valence-electron chi connectivity index (χ3n) is 2.39. The molecule has 0 bridgehead atoms. The number of hydrogen-bond acceptors (Lipinski definition) is 2. The van der Waals surface area contributed by atoms with Crippen molar-refractivity contribution >= 4 is 16.9 Å². The van der Waals surface area contributed by atoms with Gasteiger partial charge in [-0.15, -0.1) is 0 Å². The number of pyridine rings is 1. The number of fused-ring (bicyclic) bond motifs is 1. The first-order valence-electron chi connectivity index (χ1n) is 5.34. The summed E-state index contributed by atoms with van der Waals surface area (Å²) in [7, 11) is 0. The molecule has 3 nitrogen and oxygen atoms in total. The first kappa shape index (κ1) is 13.6. The molecule has 0 aliphatic carbocycles. The maximum Gasteiger partial charge on any atom is 0.372 e. The Labute approximate surface area is 111 Å². The molecular formula is C13H14BrNO2. The van der Waals surface area contributed by atoms with E-state index in [1.165, 1.54) is 0 Å². The van der Waals surface area contributed by atoms with Crippen molar-refractivity contribution in [2.75, 3.05) is 6.61 Å². The van der Waals surface area contributed by atoms with Gasteiger partial charge in [-0.2, -0.15) is 4.57 Å². The third-order valence-corrected chi connectivity index (χ3v) is 2.39. The van der Waals surface area contributed by atoms with E-state index in [-0.39, 0.29) is 29.5 Å². The fourth-order valence-electron chi connectivity index (χ4n) is 1.70. The minimum absolute atomic E-state index is 0. The minimum Gasteiger partial charge on any atom is -1.00 e. The highest BCUT2D eigenvalue weighted by Gasteiger charge is 2.13. The van der Waals surface area contributed by atoms with Crippen molar-refractivity contribution < 1.29 is 31.1 Å². The summed E-state index contributed by atoms with van der Waals surface area (Å²) in [5.74, 6) is -0.205. The maximum atomic E-state index is 11.4. The van der Waals surface area contributed by atoms with Gasteiger partial charge < -0.3 is 21.7 Å². The number of esters is 1. The first-order valence-corrected chi connectivity index (χ1v) is 5.34. The number of hydrogen-bond donors (Lipinski definition) is 0. The predicted octanol–water partition coefficient (Wildman–Crippen LogP) is -1.31. The number of benzene rings is 1. The molecule has 0 saturated heterocycles. The Morgan fingerprint density at radius 3 is 2.71 bits per heavy atom. The molecular weight excluding hydrogens is 282 g/mol. The van der Waals surface area contributed by atoms with Crippen LogP contribution < -0.4 is 21.5 Å². The van der Waals surface area contributed by atoms with Crippen molar-refractivity contribution in [3.05, 3.63) is 42.6 Å². The zero-order valence-corrected chi connectivity index (χ0v) is 11.2. The molecule has 17 heavy (non-hydrogen) atoms. The van der Waals surface area contributed by atoms with Gasteiger partial charge in [-0.1, -0.05) is 12.1 Å². The number of para-hydroxylation sites is 1. The molecule has 0 aliphatic rings. The predicted molar refractivity (Wildman–Crippen MR) is 60.8 cm³/mol. The van der Waals surface area contributed by atoms with Crippen molar-refractivity contribution in [2.24, 2.45) is 0 Å². The van der Waals surface area contributed by atoms with E-state index < -0.39 is 0 Å². The summed E-state index contributed by atoms with van der Waals surface area (Å²) in [5.41, 5.74) is 1.04. The zero-order chi connectivity index (χ0) is 11.4. The van der Waals surface area contributed by atoms with Crippen molar-refractivity contribution in [1.29, 1.82) is 0 Å². The fourth-order valence-corrected chi connectivity index (χ4v) is 1.70. The van der Waals surface area contributed by atoms with Gasteiger partial charge in [0.15, 0.2) is 6.20 Å². The summed E-state index contributed by atoms with van der Waals surface area (Å²) in [6.45, 7) is 2.49. The van der Waals surface area contributed by atoms with Crippen LogP contribution in [-0.4, -0.2) is 12.6 Å². The molecule has 0 spiro atoms. The van der Waals surface area contributed by atoms with E-state index in [4.69, 9.17) is 4.74 Å². The minimum atomic E-state index is -0.205. The highest BCUT2D eigenvalue weighted by atomic mass is 79.9. The van der Waals surface area contributed by atoms with Gasteiger partial charge in [0.05, 0.1) is 6.61 Å². The van der Waals surface area contributed by atoms with Crippen LogP contribution in [0.3, 0.4) is 0 Å². The quantitative estimate of drug-likeness (QED) is 0.520. The van der Waals surface area contributed by atoms with Gasteiger partial charge >= 0.3 is 5.97 Å². The molecule has 1 heterocycles. The average molecular weight is 296 g/mol. The molecule has 0 aliphatic heterocycles. The molecule has 90 valence electrons. The molecule has 0 atom stereocenters. The zero-order valence-electron chi connectivity index (χ0n) is 9.60. The summed E-state index contributed by atoms with van der Waals surface area (Å²) in [5, 5.41) is 1.12. The van der Waals surface area contributed by atoms with Crippen LogP contribution in [0.25, 0.3) is 10.9 Å². The second kappa shape index (κ2) is 6.35. The molecule has 1 aromatic carbocycles. The van der Waals surface area contributed by atoms with Crippen LogP contribution in [0.15, 0.2) is 42.6 Å². The van der Waals surface area contributed by atoms with E-state index >= 15 is 0 Å². The highest BCUT2D eigenvalue weighted by molar-refractivity contribution is 5.75. The summed E-state index contributed by atoms with van der Waals surface area (Å²) < 4.78 is 6.83. The van der Waals surface area contributed by atoms with Crippen molar-refractivity contribution in [3.63, 3.8) is 0 Å². The SMILES string of the molecule is CCOC(=O)C[n+]1cccc2ccccc21.[Br-]. The molecule has 4 heteroatoms. The van der Waals surface area contributed by atoms with Gasteiger partial charge in [0.25, 0.3) is 0 Å². The van der Waals surface area contributed by atoms with E-state index in [2.05, 4.69) is 0 Å². The Kier molecular flexibility index (Phi) is 5.10. The molecule has 2 aromatic rings. The Morgan fingerprint density at radius 2 is 1.94 bits per heavy atom. The Bertz CT molecular complexity index is 508. The third kappa shape index (κ3) is 3.27. The van der Waals surface area contributed by atoms with E-state index in [9.17, 15) is 4.79 Å². The number of rotatable bonds is 3. The lowest BCUT2D eigenvalue weighted by molar-refractivity contribution is -0.660. The van der Waals surface area contributed by atoms with Crippen molar-refractivity contribution in [2.45, 2.75) is 13.5 Å². The topological polar surface area (TPSA) is 30.2 Å². The molecule has 2 rings (SSSR count). The van der Waals surface area contributed by atoms with Gasteiger partial charge in [0.2, 0.25) is 12.1 Å². The molecule has 0 unspecified atom stereocenters. The van der Waals surface area contributed by atoms with Gasteiger partial charge in [-0.25, -0.2) is 4.79 Å². The van der Waals surface area contributed by atoms with Crippen LogP contribution in [-0.2, 0) is 16.1 Å². The number of ether oxygens (including phenoxy) is 1. The number of halogens is 1. The first-order chi connectivity index (χ1) is 7.81. The number of aromatic nitrogens is 1. The second-order valence-corrected chi connectivity index (χ2v) is 3.50. The van der Waals surface area contributed by atoms with E-state index in [0.717, 1.165) is 10.9 Å². The van der Waals surface area contributed by atoms with Gasteiger partial charge in [-0.3, -0.25) is 0 Å². The van der Waals surface area contributed by atoms with Crippen LogP contribution in [0, 0.1) is 0 Å². The lowest BCUT2D eigenvalue weighted by Crippen LogP contribution is -3.00. The van der Waals surface area contributed by atoms with Gasteiger partial charge in [0.1, 0.15) is 0 Å². The highest BCUT2D eigenvalue weighted by Crippen LogP contribution is 2.07. The Morgan fingerprint density at radius 1 is 1.24 bits per heavy atom. The molecule has 0 amide bonds. The Hall–Kier alpha value is -1.42. The van der Waals surface area contributed by atoms with Crippen LogP contribution >= 0.6 is 0 Å². The second-order valence-electron chi connectivity index (χ2n) is 3.50. The van der Waals surface area contributed by atoms with E-state index in [1.807, 2.05) is 54.1 Å². The lowest BCUT2D eigenvalue weighted by Gasteiger charge is -2.01. The monoisotopic (exact) mass is 295 g/mol.